The first kappa shape index (κ1) is 13.0. The lowest BCUT2D eigenvalue weighted by molar-refractivity contribution is 0.793. The molecule has 0 unspecified atom stereocenters. The first-order chi connectivity index (χ1) is 9.81. The molecule has 2 heterocycles. The largest absolute Gasteiger partial charge is 0.314 e. The van der Waals surface area contributed by atoms with Crippen molar-refractivity contribution >= 4 is 21.8 Å². The highest BCUT2D eigenvalue weighted by Crippen LogP contribution is 2.23. The van der Waals surface area contributed by atoms with Crippen LogP contribution in [-0.4, -0.2) is 24.1 Å². The summed E-state index contributed by atoms with van der Waals surface area (Å²) in [6.45, 7) is 1.53. The normalized spacial score (nSPS) is 11.3. The molecule has 4 nitrogen and oxygen atoms in total. The summed E-state index contributed by atoms with van der Waals surface area (Å²) >= 11 is 0. The number of benzene rings is 1. The molecule has 3 aromatic rings. The van der Waals surface area contributed by atoms with Crippen molar-refractivity contribution in [1.82, 2.24) is 20.6 Å². The fraction of sp³-hybridized carbons (Fsp3) is 0.250. The standard InChI is InChI=1S/C16H18N4/c1-17-9-13-7-5-11-3-4-12-6-8-14(10-18-2)20-16(12)15(11)19-13/h3-8,17-18H,9-10H2,1-2H3. The molecular formula is C16H18N4. The molecule has 0 saturated carbocycles. The van der Waals surface area contributed by atoms with Crippen molar-refractivity contribution in [3.63, 3.8) is 0 Å². The summed E-state index contributed by atoms with van der Waals surface area (Å²) in [6, 6.07) is 12.5. The van der Waals surface area contributed by atoms with E-state index in [2.05, 4.69) is 47.0 Å². The average molecular weight is 266 g/mol. The van der Waals surface area contributed by atoms with Crippen molar-refractivity contribution in [2.24, 2.45) is 0 Å². The minimum atomic E-state index is 0.766. The van der Waals surface area contributed by atoms with Gasteiger partial charge in [-0.1, -0.05) is 24.3 Å². The lowest BCUT2D eigenvalue weighted by atomic mass is 10.1. The van der Waals surface area contributed by atoms with E-state index in [1.165, 1.54) is 0 Å². The number of fused-ring (bicyclic) bond motifs is 3. The summed E-state index contributed by atoms with van der Waals surface area (Å²) in [5.74, 6) is 0. The molecule has 102 valence electrons. The van der Waals surface area contributed by atoms with Crippen LogP contribution in [0.5, 0.6) is 0 Å². The Balaban J connectivity index is 2.24. The highest BCUT2D eigenvalue weighted by atomic mass is 14.9. The number of rotatable bonds is 4. The summed E-state index contributed by atoms with van der Waals surface area (Å²) in [4.78, 5) is 9.50. The van der Waals surface area contributed by atoms with Crippen molar-refractivity contribution in [3.8, 4) is 0 Å². The van der Waals surface area contributed by atoms with Crippen LogP contribution in [0.4, 0.5) is 0 Å². The monoisotopic (exact) mass is 266 g/mol. The zero-order valence-electron chi connectivity index (χ0n) is 11.8. The Bertz CT molecular complexity index is 687. The fourth-order valence-corrected chi connectivity index (χ4v) is 2.41. The van der Waals surface area contributed by atoms with Gasteiger partial charge >= 0.3 is 0 Å². The van der Waals surface area contributed by atoms with Gasteiger partial charge in [0.2, 0.25) is 0 Å². The Morgan fingerprint density at radius 1 is 0.700 bits per heavy atom. The maximum Gasteiger partial charge on any atom is 0.0968 e. The van der Waals surface area contributed by atoms with E-state index in [1.807, 2.05) is 14.1 Å². The van der Waals surface area contributed by atoms with Crippen LogP contribution < -0.4 is 10.6 Å². The van der Waals surface area contributed by atoms with E-state index in [1.54, 1.807) is 0 Å². The molecule has 0 spiro atoms. The van der Waals surface area contributed by atoms with E-state index in [9.17, 15) is 0 Å². The van der Waals surface area contributed by atoms with Crippen molar-refractivity contribution in [2.45, 2.75) is 13.1 Å². The molecule has 0 radical (unpaired) electrons. The molecule has 0 bridgehead atoms. The summed E-state index contributed by atoms with van der Waals surface area (Å²) in [5, 5.41) is 8.53. The molecule has 3 rings (SSSR count). The van der Waals surface area contributed by atoms with Gasteiger partial charge in [-0.05, 0) is 26.2 Å². The van der Waals surface area contributed by atoms with E-state index in [-0.39, 0.29) is 0 Å². The second kappa shape index (κ2) is 5.53. The predicted octanol–water partition coefficient (Wildman–Crippen LogP) is 2.22. The molecule has 0 atom stereocenters. The van der Waals surface area contributed by atoms with E-state index in [0.29, 0.717) is 0 Å². The van der Waals surface area contributed by atoms with E-state index in [0.717, 1.165) is 46.3 Å². The van der Waals surface area contributed by atoms with Crippen LogP contribution in [0.1, 0.15) is 11.4 Å². The Morgan fingerprint density at radius 2 is 1.10 bits per heavy atom. The minimum absolute atomic E-state index is 0.766. The molecule has 0 fully saturated rings. The molecule has 0 aliphatic rings. The third-order valence-electron chi connectivity index (χ3n) is 3.35. The van der Waals surface area contributed by atoms with E-state index < -0.39 is 0 Å². The highest BCUT2D eigenvalue weighted by Gasteiger charge is 2.06. The quantitative estimate of drug-likeness (QED) is 0.711. The van der Waals surface area contributed by atoms with Crippen LogP contribution in [0.25, 0.3) is 21.8 Å². The number of aromatic nitrogens is 2. The first-order valence-electron chi connectivity index (χ1n) is 6.79. The van der Waals surface area contributed by atoms with Gasteiger partial charge < -0.3 is 10.6 Å². The third kappa shape index (κ3) is 2.35. The number of hydrogen-bond donors (Lipinski definition) is 2. The molecule has 4 heteroatoms. The van der Waals surface area contributed by atoms with Crippen LogP contribution in [0.3, 0.4) is 0 Å². The van der Waals surface area contributed by atoms with Gasteiger partial charge in [-0.25, -0.2) is 9.97 Å². The van der Waals surface area contributed by atoms with Crippen LogP contribution >= 0.6 is 0 Å². The Kier molecular flexibility index (Phi) is 3.58. The molecule has 0 aliphatic heterocycles. The second-order valence-corrected chi connectivity index (χ2v) is 4.87. The topological polar surface area (TPSA) is 49.8 Å². The molecule has 1 aromatic carbocycles. The maximum absolute atomic E-state index is 4.75. The van der Waals surface area contributed by atoms with Gasteiger partial charge in [0.25, 0.3) is 0 Å². The van der Waals surface area contributed by atoms with E-state index in [4.69, 9.17) is 9.97 Å². The number of nitrogens with zero attached hydrogens (tertiary/aromatic N) is 2. The van der Waals surface area contributed by atoms with Gasteiger partial charge in [0.05, 0.1) is 22.4 Å². The van der Waals surface area contributed by atoms with Gasteiger partial charge in [0.1, 0.15) is 0 Å². The highest BCUT2D eigenvalue weighted by molar-refractivity contribution is 6.02. The molecular weight excluding hydrogens is 248 g/mol. The number of nitrogens with one attached hydrogen (secondary N) is 2. The molecule has 2 N–H and O–H groups in total. The summed E-state index contributed by atoms with van der Waals surface area (Å²) < 4.78 is 0. The maximum atomic E-state index is 4.75. The second-order valence-electron chi connectivity index (χ2n) is 4.87. The zero-order chi connectivity index (χ0) is 13.9. The van der Waals surface area contributed by atoms with Crippen molar-refractivity contribution in [1.29, 1.82) is 0 Å². The third-order valence-corrected chi connectivity index (χ3v) is 3.35. The van der Waals surface area contributed by atoms with Crippen molar-refractivity contribution in [3.05, 3.63) is 47.8 Å². The molecule has 0 amide bonds. The predicted molar refractivity (Wildman–Crippen MR) is 82.6 cm³/mol. The van der Waals surface area contributed by atoms with Crippen LogP contribution in [0, 0.1) is 0 Å². The van der Waals surface area contributed by atoms with Gasteiger partial charge in [-0.15, -0.1) is 0 Å². The Labute approximate surface area is 118 Å². The smallest absolute Gasteiger partial charge is 0.0968 e. The van der Waals surface area contributed by atoms with Crippen LogP contribution in [0.15, 0.2) is 36.4 Å². The Morgan fingerprint density at radius 3 is 1.50 bits per heavy atom. The van der Waals surface area contributed by atoms with Gasteiger partial charge in [-0.3, -0.25) is 0 Å². The van der Waals surface area contributed by atoms with Crippen LogP contribution in [-0.2, 0) is 13.1 Å². The summed E-state index contributed by atoms with van der Waals surface area (Å²) in [5.41, 5.74) is 4.03. The zero-order valence-corrected chi connectivity index (χ0v) is 11.8. The minimum Gasteiger partial charge on any atom is -0.314 e. The van der Waals surface area contributed by atoms with E-state index >= 15 is 0 Å². The summed E-state index contributed by atoms with van der Waals surface area (Å²) in [7, 11) is 3.86. The van der Waals surface area contributed by atoms with Crippen LogP contribution in [0.2, 0.25) is 0 Å². The average Bonchev–Trinajstić information content (AvgIpc) is 2.48. The van der Waals surface area contributed by atoms with Gasteiger partial charge in [-0.2, -0.15) is 0 Å². The van der Waals surface area contributed by atoms with Crippen molar-refractivity contribution < 1.29 is 0 Å². The molecule has 2 aromatic heterocycles. The Hall–Kier alpha value is -2.04. The lowest BCUT2D eigenvalue weighted by Crippen LogP contribution is -2.08. The van der Waals surface area contributed by atoms with Gasteiger partial charge in [0.15, 0.2) is 0 Å². The molecule has 20 heavy (non-hydrogen) atoms. The van der Waals surface area contributed by atoms with Crippen molar-refractivity contribution in [2.75, 3.05) is 14.1 Å². The number of hydrogen-bond acceptors (Lipinski definition) is 4. The molecule has 0 aliphatic carbocycles. The first-order valence-corrected chi connectivity index (χ1v) is 6.79. The van der Waals surface area contributed by atoms with Gasteiger partial charge in [0, 0.05) is 23.9 Å². The number of pyridine rings is 2. The summed E-state index contributed by atoms with van der Waals surface area (Å²) in [6.07, 6.45) is 0. The SMILES string of the molecule is CNCc1ccc2ccc3ccc(CNC)nc3c2n1. The molecule has 0 saturated heterocycles. The lowest BCUT2D eigenvalue weighted by Gasteiger charge is -2.07. The fourth-order valence-electron chi connectivity index (χ4n) is 2.41.